The van der Waals surface area contributed by atoms with Gasteiger partial charge in [0, 0.05) is 38.3 Å². The van der Waals surface area contributed by atoms with Gasteiger partial charge >= 0.3 is 11.9 Å². The number of benzene rings is 2. The summed E-state index contributed by atoms with van der Waals surface area (Å²) in [5.41, 5.74) is 1.56. The van der Waals surface area contributed by atoms with E-state index in [1.165, 1.54) is 24.3 Å². The average molecular weight is 478 g/mol. The Morgan fingerprint density at radius 2 is 1.35 bits per heavy atom. The van der Waals surface area contributed by atoms with Crippen LogP contribution in [-0.4, -0.2) is 85.4 Å². The Bertz CT molecular complexity index is 968. The van der Waals surface area contributed by atoms with Gasteiger partial charge in [0.1, 0.15) is 5.82 Å². The van der Waals surface area contributed by atoms with E-state index in [-0.39, 0.29) is 11.7 Å². The van der Waals surface area contributed by atoms with Crippen molar-refractivity contribution in [2.75, 3.05) is 47.5 Å². The fraction of sp³-hybridized carbons (Fsp3) is 0.348. The van der Waals surface area contributed by atoms with E-state index < -0.39 is 11.9 Å². The molecule has 184 valence electrons. The molecule has 0 aromatic heterocycles. The van der Waals surface area contributed by atoms with Crippen molar-refractivity contribution in [2.24, 2.45) is 0 Å². The van der Waals surface area contributed by atoms with Crippen molar-refractivity contribution in [1.82, 2.24) is 9.80 Å². The number of nitrogens with zero attached hydrogens (tertiary/aromatic N) is 2. The highest BCUT2D eigenvalue weighted by Gasteiger charge is 2.23. The van der Waals surface area contributed by atoms with Crippen molar-refractivity contribution in [2.45, 2.75) is 6.54 Å². The lowest BCUT2D eigenvalue weighted by Gasteiger charge is -2.35. The van der Waals surface area contributed by atoms with Crippen LogP contribution in [0.15, 0.2) is 36.4 Å². The van der Waals surface area contributed by atoms with Crippen LogP contribution in [0, 0.1) is 5.82 Å². The van der Waals surface area contributed by atoms with Crippen molar-refractivity contribution < 1.29 is 43.2 Å². The topological polar surface area (TPSA) is 126 Å². The molecule has 0 aliphatic carbocycles. The van der Waals surface area contributed by atoms with Gasteiger partial charge in [-0.2, -0.15) is 0 Å². The van der Waals surface area contributed by atoms with Gasteiger partial charge in [0.2, 0.25) is 5.75 Å². The molecule has 0 saturated carbocycles. The van der Waals surface area contributed by atoms with E-state index in [1.807, 2.05) is 12.1 Å². The maximum Gasteiger partial charge on any atom is 0.414 e. The van der Waals surface area contributed by atoms with Crippen molar-refractivity contribution >= 4 is 17.8 Å². The number of carboxylic acids is 2. The number of aliphatic carboxylic acids is 2. The molecule has 2 aromatic carbocycles. The molecule has 0 spiro atoms. The highest BCUT2D eigenvalue weighted by atomic mass is 19.1. The SMILES string of the molecule is COc1cc(CN2CCN(C(=O)c3ccc(F)cc3)CC2)cc(OC)c1OC.O=C(O)C(=O)O. The van der Waals surface area contributed by atoms with E-state index >= 15 is 0 Å². The molecule has 1 saturated heterocycles. The summed E-state index contributed by atoms with van der Waals surface area (Å²) in [6, 6.07) is 9.57. The molecule has 10 nitrogen and oxygen atoms in total. The molecular formula is C23H27FN2O8. The molecule has 1 aliphatic heterocycles. The van der Waals surface area contributed by atoms with Gasteiger partial charge in [-0.15, -0.1) is 0 Å². The van der Waals surface area contributed by atoms with Crippen LogP contribution in [-0.2, 0) is 16.1 Å². The second-order valence-corrected chi connectivity index (χ2v) is 7.22. The van der Waals surface area contributed by atoms with E-state index in [1.54, 1.807) is 26.2 Å². The predicted octanol–water partition coefficient (Wildman–Crippen LogP) is 1.97. The number of hydrogen-bond acceptors (Lipinski definition) is 7. The Hall–Kier alpha value is -3.86. The first-order valence-corrected chi connectivity index (χ1v) is 10.2. The normalized spacial score (nSPS) is 13.4. The molecule has 1 heterocycles. The molecule has 3 rings (SSSR count). The first kappa shape index (κ1) is 26.4. The van der Waals surface area contributed by atoms with Crippen molar-refractivity contribution in [3.63, 3.8) is 0 Å². The standard InChI is InChI=1S/C21H25FN2O4.C2H2O4/c1-26-18-12-15(13-19(27-2)20(18)28-3)14-23-8-10-24(11-9-23)21(25)16-4-6-17(22)7-5-16;3-1(4)2(5)6/h4-7,12-13H,8-11,14H2,1-3H3;(H,3,4)(H,5,6). The van der Waals surface area contributed by atoms with Crippen molar-refractivity contribution in [3.05, 3.63) is 53.3 Å². The second-order valence-electron chi connectivity index (χ2n) is 7.22. The largest absolute Gasteiger partial charge is 0.493 e. The maximum absolute atomic E-state index is 13.0. The quantitative estimate of drug-likeness (QED) is 0.599. The smallest absolute Gasteiger partial charge is 0.414 e. The van der Waals surface area contributed by atoms with E-state index in [2.05, 4.69) is 4.90 Å². The predicted molar refractivity (Wildman–Crippen MR) is 119 cm³/mol. The lowest BCUT2D eigenvalue weighted by Crippen LogP contribution is -2.48. The van der Waals surface area contributed by atoms with Crippen molar-refractivity contribution in [1.29, 1.82) is 0 Å². The zero-order valence-electron chi connectivity index (χ0n) is 19.1. The molecule has 0 atom stereocenters. The lowest BCUT2D eigenvalue weighted by atomic mass is 10.1. The van der Waals surface area contributed by atoms with Gasteiger partial charge < -0.3 is 29.3 Å². The number of rotatable bonds is 6. The molecule has 2 aromatic rings. The minimum Gasteiger partial charge on any atom is -0.493 e. The summed E-state index contributed by atoms with van der Waals surface area (Å²) in [5, 5.41) is 14.8. The van der Waals surface area contributed by atoms with Gasteiger partial charge in [0.15, 0.2) is 11.5 Å². The number of ether oxygens (including phenoxy) is 3. The number of hydrogen-bond donors (Lipinski definition) is 2. The van der Waals surface area contributed by atoms with E-state index in [0.717, 1.165) is 25.2 Å². The monoisotopic (exact) mass is 478 g/mol. The number of halogens is 1. The van der Waals surface area contributed by atoms with Crippen LogP contribution in [0.25, 0.3) is 0 Å². The van der Waals surface area contributed by atoms with E-state index in [0.29, 0.717) is 35.9 Å². The second kappa shape index (κ2) is 12.4. The van der Waals surface area contributed by atoms with Gasteiger partial charge in [-0.1, -0.05) is 0 Å². The molecule has 2 N–H and O–H groups in total. The first-order chi connectivity index (χ1) is 16.2. The number of carbonyl (C=O) groups is 3. The Balaban J connectivity index is 0.000000604. The summed E-state index contributed by atoms with van der Waals surface area (Å²) in [5.74, 6) is -2.23. The van der Waals surface area contributed by atoms with Crippen molar-refractivity contribution in [3.8, 4) is 17.2 Å². The minimum absolute atomic E-state index is 0.0626. The van der Waals surface area contributed by atoms with E-state index in [9.17, 15) is 9.18 Å². The minimum atomic E-state index is -1.82. The summed E-state index contributed by atoms with van der Waals surface area (Å²) in [7, 11) is 4.78. The van der Waals surface area contributed by atoms with Gasteiger partial charge in [0.25, 0.3) is 5.91 Å². The van der Waals surface area contributed by atoms with Gasteiger partial charge in [0.05, 0.1) is 21.3 Å². The summed E-state index contributed by atoms with van der Waals surface area (Å²) in [6.07, 6.45) is 0. The summed E-state index contributed by atoms with van der Waals surface area (Å²) in [6.45, 7) is 3.48. The zero-order valence-corrected chi connectivity index (χ0v) is 19.1. The first-order valence-electron chi connectivity index (χ1n) is 10.2. The fourth-order valence-corrected chi connectivity index (χ4v) is 3.37. The third kappa shape index (κ3) is 7.07. The van der Waals surface area contributed by atoms with Crippen LogP contribution >= 0.6 is 0 Å². The molecular weight excluding hydrogens is 451 g/mol. The maximum atomic E-state index is 13.0. The Kier molecular flexibility index (Phi) is 9.62. The molecule has 0 bridgehead atoms. The van der Waals surface area contributed by atoms with Crippen LogP contribution in [0.1, 0.15) is 15.9 Å². The Morgan fingerprint density at radius 3 is 1.76 bits per heavy atom. The van der Waals surface area contributed by atoms with Crippen LogP contribution < -0.4 is 14.2 Å². The number of carboxylic acid groups (broad SMARTS) is 2. The highest BCUT2D eigenvalue weighted by molar-refractivity contribution is 6.27. The zero-order chi connectivity index (χ0) is 25.3. The fourth-order valence-electron chi connectivity index (χ4n) is 3.37. The molecule has 11 heteroatoms. The Labute approximate surface area is 196 Å². The summed E-state index contributed by atoms with van der Waals surface area (Å²) >= 11 is 0. The van der Waals surface area contributed by atoms with Crippen LogP contribution in [0.2, 0.25) is 0 Å². The van der Waals surface area contributed by atoms with Gasteiger partial charge in [-0.05, 0) is 42.0 Å². The van der Waals surface area contributed by atoms with Crippen LogP contribution in [0.4, 0.5) is 4.39 Å². The summed E-state index contributed by atoms with van der Waals surface area (Å²) in [4.78, 5) is 34.8. The van der Waals surface area contributed by atoms with Crippen LogP contribution in [0.3, 0.4) is 0 Å². The van der Waals surface area contributed by atoms with E-state index in [4.69, 9.17) is 34.0 Å². The number of amides is 1. The molecule has 34 heavy (non-hydrogen) atoms. The average Bonchev–Trinajstić information content (AvgIpc) is 2.84. The molecule has 0 radical (unpaired) electrons. The lowest BCUT2D eigenvalue weighted by molar-refractivity contribution is -0.159. The molecule has 1 fully saturated rings. The van der Waals surface area contributed by atoms with Crippen LogP contribution in [0.5, 0.6) is 17.2 Å². The number of piperazine rings is 1. The van der Waals surface area contributed by atoms with Gasteiger partial charge in [-0.3, -0.25) is 9.69 Å². The molecule has 1 aliphatic rings. The molecule has 1 amide bonds. The summed E-state index contributed by atoms with van der Waals surface area (Å²) < 4.78 is 29.2. The van der Waals surface area contributed by atoms with Gasteiger partial charge in [-0.25, -0.2) is 14.0 Å². The number of methoxy groups -OCH3 is 3. The number of carbonyl (C=O) groups excluding carboxylic acids is 1. The third-order valence-corrected chi connectivity index (χ3v) is 5.06. The molecule has 0 unspecified atom stereocenters. The third-order valence-electron chi connectivity index (χ3n) is 5.06. The highest BCUT2D eigenvalue weighted by Crippen LogP contribution is 2.38. The Morgan fingerprint density at radius 1 is 0.853 bits per heavy atom.